The summed E-state index contributed by atoms with van der Waals surface area (Å²) in [6.45, 7) is 4.67. The van der Waals surface area contributed by atoms with Crippen LogP contribution in [0.15, 0.2) is 48.5 Å². The van der Waals surface area contributed by atoms with Crippen molar-refractivity contribution in [3.63, 3.8) is 0 Å². The lowest BCUT2D eigenvalue weighted by Crippen LogP contribution is -2.49. The van der Waals surface area contributed by atoms with Gasteiger partial charge in [0.25, 0.3) is 0 Å². The highest BCUT2D eigenvalue weighted by atomic mass is 16.5. The topological polar surface area (TPSA) is 80.4 Å². The average molecular weight is 442 g/mol. The van der Waals surface area contributed by atoms with E-state index in [2.05, 4.69) is 34.1 Å². The van der Waals surface area contributed by atoms with Crippen molar-refractivity contribution < 1.29 is 19.3 Å². The summed E-state index contributed by atoms with van der Waals surface area (Å²) in [7, 11) is 0. The lowest BCUT2D eigenvalue weighted by atomic mass is 10.2. The molecule has 7 heteroatoms. The number of ether oxygens (including phenoxy) is 3. The van der Waals surface area contributed by atoms with Gasteiger partial charge in [-0.3, -0.25) is 10.6 Å². The first-order valence-corrected chi connectivity index (χ1v) is 11.7. The summed E-state index contributed by atoms with van der Waals surface area (Å²) in [4.78, 5) is 4.68. The van der Waals surface area contributed by atoms with Crippen molar-refractivity contribution >= 4 is 5.69 Å². The van der Waals surface area contributed by atoms with Crippen LogP contribution in [0.25, 0.3) is 0 Å². The number of β-amino-alcohol motifs (C(OH)–C–C–N with tert-alkyl or cyclic N) is 1. The number of benzene rings is 2. The molecule has 0 unspecified atom stereocenters. The number of nitrogens with two attached hydrogens (primary N) is 1. The van der Waals surface area contributed by atoms with Crippen molar-refractivity contribution in [1.29, 1.82) is 0 Å². The SMILES string of the molecule is NCOc1cccc(OC[C@@H](O)CN2CCN(c3ccc(OC4CCCC4)cc3)CC2)c1. The van der Waals surface area contributed by atoms with Crippen molar-refractivity contribution in [1.82, 2.24) is 4.90 Å². The van der Waals surface area contributed by atoms with Gasteiger partial charge in [0.2, 0.25) is 0 Å². The maximum absolute atomic E-state index is 10.4. The molecular formula is C25H35N3O4. The summed E-state index contributed by atoms with van der Waals surface area (Å²) in [5, 5.41) is 10.4. The van der Waals surface area contributed by atoms with E-state index in [1.807, 2.05) is 18.2 Å². The zero-order valence-electron chi connectivity index (χ0n) is 18.7. The van der Waals surface area contributed by atoms with E-state index in [1.165, 1.54) is 31.4 Å². The number of piperazine rings is 1. The Labute approximate surface area is 190 Å². The first kappa shape index (κ1) is 22.7. The maximum atomic E-state index is 10.4. The lowest BCUT2D eigenvalue weighted by molar-refractivity contribution is 0.0662. The molecule has 2 fully saturated rings. The minimum Gasteiger partial charge on any atom is -0.491 e. The van der Waals surface area contributed by atoms with Crippen LogP contribution in [0.5, 0.6) is 17.2 Å². The highest BCUT2D eigenvalue weighted by Gasteiger charge is 2.20. The molecule has 1 saturated heterocycles. The van der Waals surface area contributed by atoms with Gasteiger partial charge in [0, 0.05) is 44.5 Å². The Morgan fingerprint density at radius 1 is 0.906 bits per heavy atom. The maximum Gasteiger partial charge on any atom is 0.137 e. The molecule has 0 spiro atoms. The van der Waals surface area contributed by atoms with Crippen LogP contribution in [-0.4, -0.2) is 68.3 Å². The number of rotatable bonds is 10. The molecule has 1 heterocycles. The van der Waals surface area contributed by atoms with Gasteiger partial charge in [-0.05, 0) is 62.1 Å². The van der Waals surface area contributed by atoms with E-state index in [0.29, 0.717) is 24.1 Å². The van der Waals surface area contributed by atoms with Crippen molar-refractivity contribution in [2.75, 3.05) is 51.0 Å². The van der Waals surface area contributed by atoms with E-state index < -0.39 is 6.10 Å². The number of anilines is 1. The first-order chi connectivity index (χ1) is 15.7. The zero-order valence-corrected chi connectivity index (χ0v) is 18.7. The zero-order chi connectivity index (χ0) is 22.2. The number of hydrogen-bond donors (Lipinski definition) is 2. The molecule has 4 rings (SSSR count). The second-order valence-corrected chi connectivity index (χ2v) is 8.56. The summed E-state index contributed by atoms with van der Waals surface area (Å²) in [6.07, 6.45) is 4.76. The Morgan fingerprint density at radius 2 is 1.59 bits per heavy atom. The molecule has 2 aromatic carbocycles. The molecule has 2 aliphatic rings. The summed E-state index contributed by atoms with van der Waals surface area (Å²) >= 11 is 0. The van der Waals surface area contributed by atoms with Gasteiger partial charge in [0.15, 0.2) is 0 Å². The van der Waals surface area contributed by atoms with Gasteiger partial charge in [-0.15, -0.1) is 0 Å². The quantitative estimate of drug-likeness (QED) is 0.549. The lowest BCUT2D eigenvalue weighted by Gasteiger charge is -2.37. The van der Waals surface area contributed by atoms with Crippen LogP contribution in [0.4, 0.5) is 5.69 Å². The fourth-order valence-corrected chi connectivity index (χ4v) is 4.42. The minimum atomic E-state index is -0.548. The molecule has 174 valence electrons. The highest BCUT2D eigenvalue weighted by molar-refractivity contribution is 5.49. The molecule has 1 saturated carbocycles. The molecule has 0 radical (unpaired) electrons. The van der Waals surface area contributed by atoms with E-state index in [-0.39, 0.29) is 13.3 Å². The van der Waals surface area contributed by atoms with Crippen LogP contribution >= 0.6 is 0 Å². The smallest absolute Gasteiger partial charge is 0.137 e. The highest BCUT2D eigenvalue weighted by Crippen LogP contribution is 2.26. The van der Waals surface area contributed by atoms with Gasteiger partial charge in [-0.25, -0.2) is 0 Å². The second kappa shape index (κ2) is 11.4. The van der Waals surface area contributed by atoms with E-state index >= 15 is 0 Å². The molecule has 0 bridgehead atoms. The van der Waals surface area contributed by atoms with Crippen molar-refractivity contribution in [3.8, 4) is 17.2 Å². The Balaban J connectivity index is 1.18. The van der Waals surface area contributed by atoms with Crippen LogP contribution in [0.3, 0.4) is 0 Å². The molecule has 7 nitrogen and oxygen atoms in total. The van der Waals surface area contributed by atoms with Crippen LogP contribution in [0.1, 0.15) is 25.7 Å². The fourth-order valence-electron chi connectivity index (χ4n) is 4.42. The molecule has 0 aromatic heterocycles. The fraction of sp³-hybridized carbons (Fsp3) is 0.520. The summed E-state index contributed by atoms with van der Waals surface area (Å²) in [6, 6.07) is 15.8. The monoisotopic (exact) mass is 441 g/mol. The molecular weight excluding hydrogens is 406 g/mol. The van der Waals surface area contributed by atoms with Gasteiger partial charge >= 0.3 is 0 Å². The Hall–Kier alpha value is -2.48. The summed E-state index contributed by atoms with van der Waals surface area (Å²) in [5.74, 6) is 2.30. The van der Waals surface area contributed by atoms with Crippen molar-refractivity contribution in [2.45, 2.75) is 37.9 Å². The van der Waals surface area contributed by atoms with Gasteiger partial charge in [-0.1, -0.05) is 6.07 Å². The van der Waals surface area contributed by atoms with Gasteiger partial charge in [0.05, 0.1) is 6.10 Å². The number of hydrogen-bond acceptors (Lipinski definition) is 7. The van der Waals surface area contributed by atoms with Gasteiger partial charge in [-0.2, -0.15) is 0 Å². The third kappa shape index (κ3) is 6.51. The van der Waals surface area contributed by atoms with Crippen molar-refractivity contribution in [2.24, 2.45) is 5.73 Å². The Kier molecular flexibility index (Phi) is 8.09. The molecule has 0 amide bonds. The van der Waals surface area contributed by atoms with E-state index in [9.17, 15) is 5.11 Å². The predicted octanol–water partition coefficient (Wildman–Crippen LogP) is 2.86. The molecule has 1 aliphatic carbocycles. The first-order valence-electron chi connectivity index (χ1n) is 11.7. The summed E-state index contributed by atoms with van der Waals surface area (Å²) < 4.78 is 17.1. The van der Waals surface area contributed by atoms with Crippen LogP contribution in [0.2, 0.25) is 0 Å². The predicted molar refractivity (Wildman–Crippen MR) is 126 cm³/mol. The number of aliphatic hydroxyl groups is 1. The third-order valence-electron chi connectivity index (χ3n) is 6.15. The van der Waals surface area contributed by atoms with E-state index in [1.54, 1.807) is 6.07 Å². The van der Waals surface area contributed by atoms with Crippen LogP contribution in [-0.2, 0) is 0 Å². The number of nitrogens with zero attached hydrogens (tertiary/aromatic N) is 2. The normalized spacial score (nSPS) is 18.5. The Bertz CT molecular complexity index is 818. The summed E-state index contributed by atoms with van der Waals surface area (Å²) in [5.41, 5.74) is 6.63. The second-order valence-electron chi connectivity index (χ2n) is 8.56. The minimum absolute atomic E-state index is 0.121. The van der Waals surface area contributed by atoms with Crippen LogP contribution < -0.4 is 24.8 Å². The van der Waals surface area contributed by atoms with E-state index in [4.69, 9.17) is 19.9 Å². The van der Waals surface area contributed by atoms with E-state index in [0.717, 1.165) is 31.9 Å². The molecule has 1 atom stereocenters. The average Bonchev–Trinajstić information content (AvgIpc) is 3.32. The van der Waals surface area contributed by atoms with Gasteiger partial charge in [0.1, 0.15) is 36.7 Å². The van der Waals surface area contributed by atoms with Gasteiger partial charge < -0.3 is 24.2 Å². The largest absolute Gasteiger partial charge is 0.491 e. The third-order valence-corrected chi connectivity index (χ3v) is 6.15. The van der Waals surface area contributed by atoms with Crippen LogP contribution in [0, 0.1) is 0 Å². The standard InChI is InChI=1S/C25H35N3O4/c26-19-31-25-7-3-6-24(16-25)30-18-21(29)17-27-12-14-28(15-13-27)20-8-10-23(11-9-20)32-22-4-1-2-5-22/h3,6-11,16,21-22,29H,1-2,4-5,12-15,17-19,26H2/t21-/m0/s1. The molecule has 3 N–H and O–H groups in total. The molecule has 2 aromatic rings. The molecule has 32 heavy (non-hydrogen) atoms. The van der Waals surface area contributed by atoms with Crippen molar-refractivity contribution in [3.05, 3.63) is 48.5 Å². The molecule has 1 aliphatic heterocycles. The Morgan fingerprint density at radius 3 is 2.28 bits per heavy atom. The number of aliphatic hydroxyl groups excluding tert-OH is 1.